The van der Waals surface area contributed by atoms with Crippen molar-refractivity contribution in [1.82, 2.24) is 0 Å². The van der Waals surface area contributed by atoms with Crippen LogP contribution in [-0.2, 0) is 9.63 Å². The van der Waals surface area contributed by atoms with Crippen molar-refractivity contribution in [2.45, 2.75) is 0 Å². The number of rotatable bonds is 4. The van der Waals surface area contributed by atoms with Gasteiger partial charge in [0.1, 0.15) is 0 Å². The Morgan fingerprint density at radius 1 is 1.47 bits per heavy atom. The SMILES string of the molecule is O=C(O)CON=Cc1ccc(Cl)c(Cl)c1. The van der Waals surface area contributed by atoms with E-state index in [2.05, 4.69) is 9.99 Å². The highest BCUT2D eigenvalue weighted by atomic mass is 35.5. The van der Waals surface area contributed by atoms with E-state index in [-0.39, 0.29) is 0 Å². The minimum Gasteiger partial charge on any atom is -0.479 e. The van der Waals surface area contributed by atoms with Gasteiger partial charge in [-0.3, -0.25) is 0 Å². The molecule has 0 heterocycles. The van der Waals surface area contributed by atoms with E-state index in [1.165, 1.54) is 6.21 Å². The number of benzene rings is 1. The Morgan fingerprint density at radius 2 is 2.20 bits per heavy atom. The summed E-state index contributed by atoms with van der Waals surface area (Å²) in [4.78, 5) is 14.5. The van der Waals surface area contributed by atoms with Crippen molar-refractivity contribution in [3.8, 4) is 0 Å². The molecular weight excluding hydrogens is 241 g/mol. The van der Waals surface area contributed by atoms with Gasteiger partial charge in [0.15, 0.2) is 0 Å². The number of hydrogen-bond acceptors (Lipinski definition) is 3. The lowest BCUT2D eigenvalue weighted by Gasteiger charge is -1.97. The molecule has 0 radical (unpaired) electrons. The van der Waals surface area contributed by atoms with Crippen molar-refractivity contribution >= 4 is 35.4 Å². The third kappa shape index (κ3) is 4.18. The van der Waals surface area contributed by atoms with Gasteiger partial charge in [-0.05, 0) is 17.7 Å². The number of aliphatic carboxylic acids is 1. The van der Waals surface area contributed by atoms with E-state index in [0.29, 0.717) is 15.6 Å². The quantitative estimate of drug-likeness (QED) is 0.657. The highest BCUT2D eigenvalue weighted by Gasteiger charge is 1.97. The molecule has 1 N–H and O–H groups in total. The van der Waals surface area contributed by atoms with Crippen molar-refractivity contribution in [2.75, 3.05) is 6.61 Å². The first-order chi connectivity index (χ1) is 7.09. The second kappa shape index (κ2) is 5.58. The molecule has 1 aromatic carbocycles. The van der Waals surface area contributed by atoms with Crippen LogP contribution in [-0.4, -0.2) is 23.9 Å². The number of carbonyl (C=O) groups is 1. The fourth-order valence-corrected chi connectivity index (χ4v) is 1.09. The molecule has 0 bridgehead atoms. The number of carboxylic acid groups (broad SMARTS) is 1. The van der Waals surface area contributed by atoms with Crippen LogP contribution in [0.2, 0.25) is 10.0 Å². The molecule has 0 fully saturated rings. The first-order valence-corrected chi connectivity index (χ1v) is 4.67. The molecule has 0 saturated carbocycles. The van der Waals surface area contributed by atoms with Crippen LogP contribution in [0.5, 0.6) is 0 Å². The Hall–Kier alpha value is -1.26. The second-order valence-electron chi connectivity index (χ2n) is 2.58. The van der Waals surface area contributed by atoms with Crippen molar-refractivity contribution in [2.24, 2.45) is 5.16 Å². The Bertz CT molecular complexity index is 393. The summed E-state index contributed by atoms with van der Waals surface area (Å²) < 4.78 is 0. The van der Waals surface area contributed by atoms with Gasteiger partial charge >= 0.3 is 5.97 Å². The predicted octanol–water partition coefficient (Wildman–Crippen LogP) is 2.43. The molecule has 0 amide bonds. The monoisotopic (exact) mass is 247 g/mol. The van der Waals surface area contributed by atoms with Gasteiger partial charge in [0.2, 0.25) is 6.61 Å². The summed E-state index contributed by atoms with van der Waals surface area (Å²) in [6.07, 6.45) is 1.35. The molecule has 6 heteroatoms. The lowest BCUT2D eigenvalue weighted by molar-refractivity contribution is -0.142. The second-order valence-corrected chi connectivity index (χ2v) is 3.39. The maximum atomic E-state index is 10.1. The van der Waals surface area contributed by atoms with Gasteiger partial charge in [0.05, 0.1) is 16.3 Å². The molecular formula is C9H7Cl2NO3. The van der Waals surface area contributed by atoms with E-state index in [1.54, 1.807) is 18.2 Å². The van der Waals surface area contributed by atoms with Crippen LogP contribution < -0.4 is 0 Å². The topological polar surface area (TPSA) is 58.9 Å². The summed E-state index contributed by atoms with van der Waals surface area (Å²) in [5.74, 6) is -1.08. The smallest absolute Gasteiger partial charge is 0.344 e. The summed E-state index contributed by atoms with van der Waals surface area (Å²) in [6.45, 7) is -0.474. The van der Waals surface area contributed by atoms with Gasteiger partial charge in [-0.25, -0.2) is 4.79 Å². The van der Waals surface area contributed by atoms with Crippen LogP contribution in [0.25, 0.3) is 0 Å². The number of hydrogen-bond donors (Lipinski definition) is 1. The Balaban J connectivity index is 2.57. The molecule has 15 heavy (non-hydrogen) atoms. The lowest BCUT2D eigenvalue weighted by Crippen LogP contribution is -2.03. The van der Waals surface area contributed by atoms with Gasteiger partial charge in [0.25, 0.3) is 0 Å². The predicted molar refractivity (Wildman–Crippen MR) is 57.6 cm³/mol. The molecule has 0 spiro atoms. The van der Waals surface area contributed by atoms with Crippen LogP contribution in [0, 0.1) is 0 Å². The minimum absolute atomic E-state index is 0.402. The maximum Gasteiger partial charge on any atom is 0.344 e. The number of nitrogens with zero attached hydrogens (tertiary/aromatic N) is 1. The van der Waals surface area contributed by atoms with Crippen LogP contribution in [0.15, 0.2) is 23.4 Å². The molecule has 0 aliphatic rings. The van der Waals surface area contributed by atoms with Crippen LogP contribution >= 0.6 is 23.2 Å². The number of oxime groups is 1. The first kappa shape index (κ1) is 11.8. The largest absolute Gasteiger partial charge is 0.479 e. The van der Waals surface area contributed by atoms with Crippen molar-refractivity contribution in [3.05, 3.63) is 33.8 Å². The van der Waals surface area contributed by atoms with Crippen molar-refractivity contribution in [3.63, 3.8) is 0 Å². The first-order valence-electron chi connectivity index (χ1n) is 3.92. The Morgan fingerprint density at radius 3 is 2.80 bits per heavy atom. The van der Waals surface area contributed by atoms with Gasteiger partial charge in [-0.15, -0.1) is 0 Å². The van der Waals surface area contributed by atoms with Crippen LogP contribution in [0.3, 0.4) is 0 Å². The molecule has 0 saturated heterocycles. The molecule has 1 aromatic rings. The summed E-state index contributed by atoms with van der Waals surface area (Å²) in [6, 6.07) is 4.89. The molecule has 0 unspecified atom stereocenters. The normalized spacial score (nSPS) is 10.5. The van der Waals surface area contributed by atoms with Crippen molar-refractivity contribution in [1.29, 1.82) is 0 Å². The summed E-state index contributed by atoms with van der Waals surface area (Å²) >= 11 is 11.4. The van der Waals surface area contributed by atoms with Crippen LogP contribution in [0.1, 0.15) is 5.56 Å². The summed E-state index contributed by atoms with van der Waals surface area (Å²) in [5, 5.41) is 12.5. The fourth-order valence-electron chi connectivity index (χ4n) is 0.783. The third-order valence-corrected chi connectivity index (χ3v) is 2.15. The molecule has 0 aliphatic heterocycles. The average Bonchev–Trinajstić information content (AvgIpc) is 2.18. The Labute approximate surface area is 96.1 Å². The summed E-state index contributed by atoms with van der Waals surface area (Å²) in [5.41, 5.74) is 0.676. The molecule has 4 nitrogen and oxygen atoms in total. The molecule has 80 valence electrons. The molecule has 0 atom stereocenters. The fraction of sp³-hybridized carbons (Fsp3) is 0.111. The van der Waals surface area contributed by atoms with Gasteiger partial charge in [-0.2, -0.15) is 0 Å². The van der Waals surface area contributed by atoms with Crippen LogP contribution in [0.4, 0.5) is 0 Å². The Kier molecular flexibility index (Phi) is 4.39. The number of carboxylic acids is 1. The highest BCUT2D eigenvalue weighted by molar-refractivity contribution is 6.42. The average molecular weight is 248 g/mol. The van der Waals surface area contributed by atoms with E-state index < -0.39 is 12.6 Å². The van der Waals surface area contributed by atoms with E-state index in [1.807, 2.05) is 0 Å². The highest BCUT2D eigenvalue weighted by Crippen LogP contribution is 2.21. The third-order valence-electron chi connectivity index (χ3n) is 1.41. The molecule has 0 aromatic heterocycles. The van der Waals surface area contributed by atoms with E-state index >= 15 is 0 Å². The lowest BCUT2D eigenvalue weighted by atomic mass is 10.2. The van der Waals surface area contributed by atoms with E-state index in [9.17, 15) is 4.79 Å². The summed E-state index contributed by atoms with van der Waals surface area (Å²) in [7, 11) is 0. The zero-order chi connectivity index (χ0) is 11.3. The number of halogens is 2. The van der Waals surface area contributed by atoms with E-state index in [0.717, 1.165) is 0 Å². The molecule has 1 rings (SSSR count). The van der Waals surface area contributed by atoms with Crippen molar-refractivity contribution < 1.29 is 14.7 Å². The maximum absolute atomic E-state index is 10.1. The van der Waals surface area contributed by atoms with E-state index in [4.69, 9.17) is 28.3 Å². The van der Waals surface area contributed by atoms with Gasteiger partial charge < -0.3 is 9.94 Å². The standard InChI is InChI=1S/C9H7Cl2NO3/c10-7-2-1-6(3-8(7)11)4-12-15-5-9(13)14/h1-4H,5H2,(H,13,14). The van der Waals surface area contributed by atoms with Gasteiger partial charge in [0, 0.05) is 0 Å². The zero-order valence-electron chi connectivity index (χ0n) is 7.48. The zero-order valence-corrected chi connectivity index (χ0v) is 9.00. The minimum atomic E-state index is -1.08. The molecule has 0 aliphatic carbocycles. The van der Waals surface area contributed by atoms with Gasteiger partial charge in [-0.1, -0.05) is 34.4 Å².